The molecule has 1 unspecified atom stereocenters. The van der Waals surface area contributed by atoms with Crippen molar-refractivity contribution < 1.29 is 9.53 Å². The molecule has 0 aromatic heterocycles. The molecule has 0 spiro atoms. The third kappa shape index (κ3) is 4.36. The van der Waals surface area contributed by atoms with Gasteiger partial charge in [-0.2, -0.15) is 0 Å². The molecule has 0 saturated heterocycles. The molecule has 3 nitrogen and oxygen atoms in total. The van der Waals surface area contributed by atoms with E-state index in [0.29, 0.717) is 18.0 Å². The Morgan fingerprint density at radius 1 is 1.47 bits per heavy atom. The first-order valence-electron chi connectivity index (χ1n) is 5.73. The molecule has 1 aromatic carbocycles. The lowest BCUT2D eigenvalue weighted by Crippen LogP contribution is -2.28. The average molecular weight is 256 g/mol. The van der Waals surface area contributed by atoms with Crippen molar-refractivity contribution in [1.82, 2.24) is 5.32 Å². The molecule has 0 fully saturated rings. The van der Waals surface area contributed by atoms with E-state index in [4.69, 9.17) is 16.3 Å². The van der Waals surface area contributed by atoms with Gasteiger partial charge in [-0.3, -0.25) is 4.79 Å². The molecule has 0 aliphatic rings. The van der Waals surface area contributed by atoms with Crippen LogP contribution in [0.5, 0.6) is 0 Å². The van der Waals surface area contributed by atoms with Crippen LogP contribution in [0.25, 0.3) is 0 Å². The minimum atomic E-state index is -0.204. The molecule has 17 heavy (non-hydrogen) atoms. The van der Waals surface area contributed by atoms with Crippen LogP contribution in [0.2, 0.25) is 5.02 Å². The van der Waals surface area contributed by atoms with Crippen LogP contribution < -0.4 is 5.32 Å². The number of methoxy groups -OCH3 is 1. The van der Waals surface area contributed by atoms with Gasteiger partial charge in [-0.15, -0.1) is 0 Å². The van der Waals surface area contributed by atoms with Crippen LogP contribution in [0.3, 0.4) is 0 Å². The largest absolute Gasteiger partial charge is 0.375 e. The lowest BCUT2D eigenvalue weighted by atomic mass is 10.1. The number of ether oxygens (including phenoxy) is 1. The van der Waals surface area contributed by atoms with Crippen molar-refractivity contribution in [3.8, 4) is 0 Å². The topological polar surface area (TPSA) is 38.3 Å². The van der Waals surface area contributed by atoms with Gasteiger partial charge in [-0.25, -0.2) is 0 Å². The quantitative estimate of drug-likeness (QED) is 0.849. The molecule has 1 N–H and O–H groups in total. The Hall–Kier alpha value is -1.06. The van der Waals surface area contributed by atoms with Gasteiger partial charge >= 0.3 is 0 Å². The van der Waals surface area contributed by atoms with Crippen molar-refractivity contribution in [1.29, 1.82) is 0 Å². The Labute approximate surface area is 107 Å². The number of hydrogen-bond acceptors (Lipinski definition) is 2. The lowest BCUT2D eigenvalue weighted by Gasteiger charge is -2.17. The first-order chi connectivity index (χ1) is 8.19. The molecule has 0 aliphatic heterocycles. The summed E-state index contributed by atoms with van der Waals surface area (Å²) in [6.45, 7) is 2.42. The Balaban J connectivity index is 2.60. The second-order valence-corrected chi connectivity index (χ2v) is 4.21. The van der Waals surface area contributed by atoms with E-state index >= 15 is 0 Å². The lowest BCUT2D eigenvalue weighted by molar-refractivity contribution is -0.121. The fourth-order valence-electron chi connectivity index (χ4n) is 1.58. The van der Waals surface area contributed by atoms with E-state index in [0.717, 1.165) is 12.0 Å². The highest BCUT2D eigenvalue weighted by Gasteiger charge is 2.14. The summed E-state index contributed by atoms with van der Waals surface area (Å²) in [4.78, 5) is 11.4. The van der Waals surface area contributed by atoms with Gasteiger partial charge < -0.3 is 10.1 Å². The number of nitrogens with one attached hydrogen (secondary N) is 1. The van der Waals surface area contributed by atoms with Crippen LogP contribution in [0.1, 0.15) is 31.4 Å². The second kappa shape index (κ2) is 7.30. The van der Waals surface area contributed by atoms with Gasteiger partial charge in [-0.05, 0) is 12.5 Å². The molecule has 0 aliphatic carbocycles. The molecule has 94 valence electrons. The summed E-state index contributed by atoms with van der Waals surface area (Å²) in [6.07, 6.45) is 1.18. The molecule has 1 rings (SSSR count). The van der Waals surface area contributed by atoms with Crippen molar-refractivity contribution in [3.63, 3.8) is 0 Å². The Morgan fingerprint density at radius 3 is 2.76 bits per heavy atom. The first-order valence-corrected chi connectivity index (χ1v) is 6.10. The van der Waals surface area contributed by atoms with Gasteiger partial charge in [0.15, 0.2) is 0 Å². The van der Waals surface area contributed by atoms with Crippen molar-refractivity contribution in [2.45, 2.75) is 25.9 Å². The van der Waals surface area contributed by atoms with Crippen LogP contribution in [0.4, 0.5) is 0 Å². The predicted octanol–water partition coefficient (Wildman–Crippen LogP) is 2.94. The van der Waals surface area contributed by atoms with E-state index in [1.54, 1.807) is 7.11 Å². The molecule has 0 heterocycles. The second-order valence-electron chi connectivity index (χ2n) is 3.80. The highest BCUT2D eigenvalue weighted by Crippen LogP contribution is 2.24. The zero-order chi connectivity index (χ0) is 12.7. The maximum Gasteiger partial charge on any atom is 0.220 e. The fraction of sp³-hybridized carbons (Fsp3) is 0.462. The molecule has 1 aromatic rings. The van der Waals surface area contributed by atoms with E-state index in [1.165, 1.54) is 0 Å². The zero-order valence-electron chi connectivity index (χ0n) is 10.2. The number of amides is 1. The Kier molecular flexibility index (Phi) is 6.01. The minimum absolute atomic E-state index is 0.0432. The third-order valence-corrected chi connectivity index (χ3v) is 2.84. The number of carbonyl (C=O) groups excluding carboxylic acids is 1. The smallest absolute Gasteiger partial charge is 0.220 e. The summed E-state index contributed by atoms with van der Waals surface area (Å²) in [5.41, 5.74) is 0.897. The van der Waals surface area contributed by atoms with Crippen molar-refractivity contribution in [2.75, 3.05) is 13.7 Å². The SMILES string of the molecule is CCCC(=O)NCC(OC)c1ccccc1Cl. The molecule has 1 atom stereocenters. The molecule has 0 saturated carbocycles. The van der Waals surface area contributed by atoms with Crippen LogP contribution in [-0.4, -0.2) is 19.6 Å². The number of rotatable bonds is 6. The molecule has 0 bridgehead atoms. The van der Waals surface area contributed by atoms with Crippen molar-refractivity contribution in [3.05, 3.63) is 34.9 Å². The maximum atomic E-state index is 11.4. The van der Waals surface area contributed by atoms with Gasteiger partial charge in [0, 0.05) is 30.7 Å². The van der Waals surface area contributed by atoms with E-state index in [9.17, 15) is 4.79 Å². The average Bonchev–Trinajstić information content (AvgIpc) is 2.32. The van der Waals surface area contributed by atoms with E-state index < -0.39 is 0 Å². The normalized spacial score (nSPS) is 12.2. The van der Waals surface area contributed by atoms with Gasteiger partial charge in [-0.1, -0.05) is 36.7 Å². The number of benzene rings is 1. The number of halogens is 1. The van der Waals surface area contributed by atoms with Crippen LogP contribution in [0, 0.1) is 0 Å². The molecule has 4 heteroatoms. The van der Waals surface area contributed by atoms with E-state index in [-0.39, 0.29) is 12.0 Å². The van der Waals surface area contributed by atoms with Gasteiger partial charge in [0.25, 0.3) is 0 Å². The van der Waals surface area contributed by atoms with Crippen molar-refractivity contribution >= 4 is 17.5 Å². The third-order valence-electron chi connectivity index (χ3n) is 2.50. The molecular weight excluding hydrogens is 238 g/mol. The van der Waals surface area contributed by atoms with Gasteiger partial charge in [0.1, 0.15) is 6.10 Å². The highest BCUT2D eigenvalue weighted by atomic mass is 35.5. The number of carbonyl (C=O) groups is 1. The van der Waals surface area contributed by atoms with Crippen LogP contribution in [0.15, 0.2) is 24.3 Å². The molecular formula is C13H18ClNO2. The predicted molar refractivity (Wildman–Crippen MR) is 69.1 cm³/mol. The van der Waals surface area contributed by atoms with Crippen molar-refractivity contribution in [2.24, 2.45) is 0 Å². The van der Waals surface area contributed by atoms with Crippen LogP contribution >= 0.6 is 11.6 Å². The van der Waals surface area contributed by atoms with Gasteiger partial charge in [0.05, 0.1) is 0 Å². The standard InChI is InChI=1S/C13H18ClNO2/c1-3-6-13(16)15-9-12(17-2)10-7-4-5-8-11(10)14/h4-5,7-8,12H,3,6,9H2,1-2H3,(H,15,16). The van der Waals surface area contributed by atoms with E-state index in [2.05, 4.69) is 5.32 Å². The zero-order valence-corrected chi connectivity index (χ0v) is 11.0. The summed E-state index contributed by atoms with van der Waals surface area (Å²) in [6, 6.07) is 7.49. The fourth-order valence-corrected chi connectivity index (χ4v) is 1.84. The molecule has 1 amide bonds. The summed E-state index contributed by atoms with van der Waals surface area (Å²) < 4.78 is 5.35. The summed E-state index contributed by atoms with van der Waals surface area (Å²) >= 11 is 6.08. The molecule has 0 radical (unpaired) electrons. The Morgan fingerprint density at radius 2 is 2.18 bits per heavy atom. The first kappa shape index (κ1) is 14.0. The monoisotopic (exact) mass is 255 g/mol. The Bertz CT molecular complexity index is 368. The minimum Gasteiger partial charge on any atom is -0.375 e. The highest BCUT2D eigenvalue weighted by molar-refractivity contribution is 6.31. The summed E-state index contributed by atoms with van der Waals surface area (Å²) in [5, 5.41) is 3.49. The van der Waals surface area contributed by atoms with E-state index in [1.807, 2.05) is 31.2 Å². The maximum absolute atomic E-state index is 11.4. The summed E-state index contributed by atoms with van der Waals surface area (Å²) in [5.74, 6) is 0.0432. The van der Waals surface area contributed by atoms with Crippen LogP contribution in [-0.2, 0) is 9.53 Å². The summed E-state index contributed by atoms with van der Waals surface area (Å²) in [7, 11) is 1.61. The number of hydrogen-bond donors (Lipinski definition) is 1. The van der Waals surface area contributed by atoms with Gasteiger partial charge in [0.2, 0.25) is 5.91 Å².